The first-order chi connectivity index (χ1) is 13.0. The predicted molar refractivity (Wildman–Crippen MR) is 102 cm³/mol. The van der Waals surface area contributed by atoms with Crippen molar-refractivity contribution in [2.24, 2.45) is 11.8 Å². The Balaban J connectivity index is 1.59. The summed E-state index contributed by atoms with van der Waals surface area (Å²) in [6, 6.07) is 14.3. The third-order valence-electron chi connectivity index (χ3n) is 4.68. The minimum atomic E-state index is -0.522. The van der Waals surface area contributed by atoms with E-state index in [2.05, 4.69) is 17.6 Å². The number of benzene rings is 2. The van der Waals surface area contributed by atoms with Crippen molar-refractivity contribution in [2.45, 2.75) is 19.8 Å². The van der Waals surface area contributed by atoms with Crippen molar-refractivity contribution in [1.82, 2.24) is 0 Å². The highest BCUT2D eigenvalue weighted by atomic mass is 16.5. The molecule has 27 heavy (non-hydrogen) atoms. The van der Waals surface area contributed by atoms with Gasteiger partial charge >= 0.3 is 5.97 Å². The zero-order valence-electron chi connectivity index (χ0n) is 15.3. The molecular formula is C21H22N2O4. The molecule has 2 N–H and O–H groups in total. The van der Waals surface area contributed by atoms with Crippen molar-refractivity contribution in [2.75, 3.05) is 17.7 Å². The number of carbonyl (C=O) groups is 3. The van der Waals surface area contributed by atoms with E-state index in [9.17, 15) is 14.4 Å². The molecule has 2 aromatic carbocycles. The summed E-state index contributed by atoms with van der Waals surface area (Å²) in [5, 5.41) is 5.58. The van der Waals surface area contributed by atoms with Crippen molar-refractivity contribution in [3.8, 4) is 0 Å². The first-order valence-corrected chi connectivity index (χ1v) is 8.91. The summed E-state index contributed by atoms with van der Waals surface area (Å²) in [5.41, 5.74) is 2.59. The molecule has 1 fully saturated rings. The zero-order chi connectivity index (χ0) is 19.4. The van der Waals surface area contributed by atoms with E-state index in [0.29, 0.717) is 12.1 Å². The summed E-state index contributed by atoms with van der Waals surface area (Å²) >= 11 is 0. The van der Waals surface area contributed by atoms with Gasteiger partial charge in [0.2, 0.25) is 11.8 Å². The minimum Gasteiger partial charge on any atom is -0.465 e. The van der Waals surface area contributed by atoms with E-state index in [1.165, 1.54) is 12.7 Å². The molecule has 0 aliphatic heterocycles. The Labute approximate surface area is 157 Å². The number of rotatable bonds is 6. The summed E-state index contributed by atoms with van der Waals surface area (Å²) < 4.78 is 4.72. The number of carbonyl (C=O) groups excluding carboxylic acids is 3. The lowest BCUT2D eigenvalue weighted by atomic mass is 10.1. The number of aryl methyl sites for hydroxylation is 1. The van der Waals surface area contributed by atoms with Gasteiger partial charge in [0.25, 0.3) is 0 Å². The van der Waals surface area contributed by atoms with Gasteiger partial charge in [-0.05, 0) is 42.7 Å². The fourth-order valence-corrected chi connectivity index (χ4v) is 2.94. The molecule has 0 aromatic heterocycles. The number of nitrogens with one attached hydrogen (secondary N) is 2. The maximum Gasteiger partial charge on any atom is 0.339 e. The highest BCUT2D eigenvalue weighted by Crippen LogP contribution is 2.40. The third-order valence-corrected chi connectivity index (χ3v) is 4.68. The summed E-state index contributed by atoms with van der Waals surface area (Å²) in [4.78, 5) is 36.6. The van der Waals surface area contributed by atoms with Gasteiger partial charge in [-0.25, -0.2) is 4.79 Å². The molecule has 0 bridgehead atoms. The monoisotopic (exact) mass is 366 g/mol. The zero-order valence-corrected chi connectivity index (χ0v) is 15.3. The van der Waals surface area contributed by atoms with Crippen LogP contribution in [0.5, 0.6) is 0 Å². The van der Waals surface area contributed by atoms with Crippen LogP contribution in [0.25, 0.3) is 0 Å². The molecule has 1 aliphatic rings. The third kappa shape index (κ3) is 4.34. The predicted octanol–water partition coefficient (Wildman–Crippen LogP) is 3.25. The molecule has 2 unspecified atom stereocenters. The molecule has 2 aromatic rings. The van der Waals surface area contributed by atoms with E-state index in [1.807, 2.05) is 24.3 Å². The van der Waals surface area contributed by atoms with Gasteiger partial charge in [0, 0.05) is 5.69 Å². The lowest BCUT2D eigenvalue weighted by Crippen LogP contribution is -2.21. The number of para-hydroxylation sites is 1. The van der Waals surface area contributed by atoms with E-state index < -0.39 is 11.9 Å². The Hall–Kier alpha value is -3.15. The maximum atomic E-state index is 12.4. The van der Waals surface area contributed by atoms with E-state index in [4.69, 9.17) is 4.74 Å². The Bertz CT molecular complexity index is 861. The molecule has 6 heteroatoms. The summed E-state index contributed by atoms with van der Waals surface area (Å²) in [6.45, 7) is 2.07. The Morgan fingerprint density at radius 3 is 2.22 bits per heavy atom. The molecule has 2 atom stereocenters. The average Bonchev–Trinajstić information content (AvgIpc) is 3.49. The molecule has 1 saturated carbocycles. The van der Waals surface area contributed by atoms with Gasteiger partial charge < -0.3 is 15.4 Å². The van der Waals surface area contributed by atoms with Gasteiger partial charge in [0.1, 0.15) is 0 Å². The molecule has 0 saturated heterocycles. The fourth-order valence-electron chi connectivity index (χ4n) is 2.94. The Morgan fingerprint density at radius 2 is 1.59 bits per heavy atom. The molecule has 2 amide bonds. The van der Waals surface area contributed by atoms with Crippen LogP contribution < -0.4 is 10.6 Å². The molecule has 1 aliphatic carbocycles. The minimum absolute atomic E-state index is 0.166. The largest absolute Gasteiger partial charge is 0.465 e. The lowest BCUT2D eigenvalue weighted by Gasteiger charge is -2.09. The lowest BCUT2D eigenvalue weighted by molar-refractivity contribution is -0.122. The molecule has 0 heterocycles. The number of anilines is 2. The first kappa shape index (κ1) is 18.6. The van der Waals surface area contributed by atoms with Crippen molar-refractivity contribution in [3.05, 3.63) is 59.7 Å². The van der Waals surface area contributed by atoms with Gasteiger partial charge in [-0.15, -0.1) is 0 Å². The molecular weight excluding hydrogens is 344 g/mol. The Kier molecular flexibility index (Phi) is 5.54. The fraction of sp³-hybridized carbons (Fsp3) is 0.286. The smallest absolute Gasteiger partial charge is 0.339 e. The number of hydrogen-bond acceptors (Lipinski definition) is 4. The van der Waals surface area contributed by atoms with E-state index in [1.54, 1.807) is 24.3 Å². The highest BCUT2D eigenvalue weighted by Gasteiger charge is 2.48. The second-order valence-corrected chi connectivity index (χ2v) is 6.51. The maximum absolute atomic E-state index is 12.4. The summed E-state index contributed by atoms with van der Waals surface area (Å²) in [7, 11) is 1.29. The second-order valence-electron chi connectivity index (χ2n) is 6.51. The first-order valence-electron chi connectivity index (χ1n) is 8.91. The van der Waals surface area contributed by atoms with Crippen LogP contribution in [0.2, 0.25) is 0 Å². The number of ether oxygens (including phenoxy) is 1. The molecule has 3 rings (SSSR count). The number of esters is 1. The van der Waals surface area contributed by atoms with E-state index in [-0.39, 0.29) is 23.3 Å². The summed E-state index contributed by atoms with van der Waals surface area (Å²) in [5.74, 6) is -1.72. The van der Waals surface area contributed by atoms with Crippen LogP contribution in [0.15, 0.2) is 48.5 Å². The summed E-state index contributed by atoms with van der Waals surface area (Å²) in [6.07, 6.45) is 1.43. The van der Waals surface area contributed by atoms with Crippen LogP contribution in [0.1, 0.15) is 29.3 Å². The van der Waals surface area contributed by atoms with Crippen molar-refractivity contribution in [3.63, 3.8) is 0 Å². The Morgan fingerprint density at radius 1 is 0.963 bits per heavy atom. The van der Waals surface area contributed by atoms with Crippen molar-refractivity contribution < 1.29 is 19.1 Å². The van der Waals surface area contributed by atoms with Gasteiger partial charge in [-0.3, -0.25) is 9.59 Å². The van der Waals surface area contributed by atoms with Crippen LogP contribution >= 0.6 is 0 Å². The van der Waals surface area contributed by atoms with Crippen LogP contribution in [0, 0.1) is 11.8 Å². The van der Waals surface area contributed by atoms with Crippen LogP contribution in [-0.2, 0) is 20.7 Å². The number of methoxy groups -OCH3 is 1. The van der Waals surface area contributed by atoms with Gasteiger partial charge in [0.15, 0.2) is 0 Å². The van der Waals surface area contributed by atoms with Crippen LogP contribution in [0.3, 0.4) is 0 Å². The van der Waals surface area contributed by atoms with Gasteiger partial charge in [-0.2, -0.15) is 0 Å². The topological polar surface area (TPSA) is 84.5 Å². The van der Waals surface area contributed by atoms with E-state index >= 15 is 0 Å². The molecule has 0 radical (unpaired) electrons. The molecule has 140 valence electrons. The second kappa shape index (κ2) is 8.03. The average molecular weight is 366 g/mol. The quantitative estimate of drug-likeness (QED) is 0.769. The standard InChI is InChI=1S/C21H22N2O4/c1-3-13-8-10-14(11-9-13)22-19(24)16-12-17(16)20(25)23-18-7-5-4-6-15(18)21(26)27-2/h4-11,16-17H,3,12H2,1-2H3,(H,22,24)(H,23,25). The van der Waals surface area contributed by atoms with Crippen LogP contribution in [0.4, 0.5) is 11.4 Å². The SMILES string of the molecule is CCc1ccc(NC(=O)C2CC2C(=O)Nc2ccccc2C(=O)OC)cc1. The van der Waals surface area contributed by atoms with E-state index in [0.717, 1.165) is 12.1 Å². The molecule has 0 spiro atoms. The van der Waals surface area contributed by atoms with Crippen LogP contribution in [-0.4, -0.2) is 24.9 Å². The van der Waals surface area contributed by atoms with Gasteiger partial charge in [0.05, 0.1) is 30.2 Å². The highest BCUT2D eigenvalue weighted by molar-refractivity contribution is 6.06. The van der Waals surface area contributed by atoms with Crippen molar-refractivity contribution >= 4 is 29.2 Å². The number of hydrogen-bond donors (Lipinski definition) is 2. The normalized spacial score (nSPS) is 17.7. The van der Waals surface area contributed by atoms with Gasteiger partial charge in [-0.1, -0.05) is 31.2 Å². The molecule has 6 nitrogen and oxygen atoms in total. The van der Waals surface area contributed by atoms with Crippen molar-refractivity contribution in [1.29, 1.82) is 0 Å². The number of amides is 2.